The monoisotopic (exact) mass is 323 g/mol. The van der Waals surface area contributed by atoms with Crippen LogP contribution in [0, 0.1) is 0 Å². The van der Waals surface area contributed by atoms with Crippen LogP contribution < -0.4 is 4.72 Å². The number of nitrogens with one attached hydrogen (secondary N) is 1. The number of aromatic carboxylic acids is 1. The number of aryl methyl sites for hydroxylation is 1. The minimum Gasteiger partial charge on any atom is -0.478 e. The summed E-state index contributed by atoms with van der Waals surface area (Å²) in [6.45, 7) is 2.46. The molecule has 0 bridgehead atoms. The molecule has 2 aromatic rings. The molecule has 22 heavy (non-hydrogen) atoms. The van der Waals surface area contributed by atoms with Crippen molar-refractivity contribution >= 4 is 16.0 Å². The molecular weight excluding hydrogens is 306 g/mol. The minimum atomic E-state index is -3.76. The molecule has 1 aromatic heterocycles. The zero-order chi connectivity index (χ0) is 16.2. The van der Waals surface area contributed by atoms with Crippen LogP contribution in [0.4, 0.5) is 0 Å². The fraction of sp³-hybridized carbons (Fsp3) is 0.286. The molecule has 0 aliphatic carbocycles. The van der Waals surface area contributed by atoms with Crippen LogP contribution in [0.1, 0.15) is 22.8 Å². The summed E-state index contributed by atoms with van der Waals surface area (Å²) >= 11 is 0. The number of sulfonamides is 1. The van der Waals surface area contributed by atoms with E-state index in [9.17, 15) is 13.2 Å². The van der Waals surface area contributed by atoms with E-state index in [2.05, 4.69) is 9.71 Å². The number of aromatic nitrogens is 2. The molecular formula is C14H17N3O4S. The summed E-state index contributed by atoms with van der Waals surface area (Å²) in [6, 6.07) is 4.14. The lowest BCUT2D eigenvalue weighted by molar-refractivity contribution is 0.0696. The normalized spacial score (nSPS) is 11.5. The van der Waals surface area contributed by atoms with E-state index in [4.69, 9.17) is 5.11 Å². The molecule has 2 N–H and O–H groups in total. The molecule has 2 rings (SSSR count). The molecule has 0 unspecified atom stereocenters. The topological polar surface area (TPSA) is 101 Å². The van der Waals surface area contributed by atoms with Crippen LogP contribution in [0.5, 0.6) is 0 Å². The van der Waals surface area contributed by atoms with Crippen molar-refractivity contribution in [3.05, 3.63) is 48.0 Å². The summed E-state index contributed by atoms with van der Waals surface area (Å²) in [6.07, 6.45) is 5.44. The van der Waals surface area contributed by atoms with Crippen LogP contribution in [0.2, 0.25) is 0 Å². The van der Waals surface area contributed by atoms with Gasteiger partial charge in [0.25, 0.3) is 0 Å². The van der Waals surface area contributed by atoms with Crippen molar-refractivity contribution in [1.82, 2.24) is 14.3 Å². The third kappa shape index (κ3) is 3.71. The molecule has 1 aromatic carbocycles. The SMILES string of the molecule is CCc1ccc(C(=O)O)cc1S(=O)(=O)NCCn1ccnc1. The molecule has 0 fully saturated rings. The summed E-state index contributed by atoms with van der Waals surface area (Å²) in [7, 11) is -3.76. The smallest absolute Gasteiger partial charge is 0.335 e. The summed E-state index contributed by atoms with van der Waals surface area (Å²) in [4.78, 5) is 14.9. The van der Waals surface area contributed by atoms with E-state index in [0.717, 1.165) is 0 Å². The number of hydrogen-bond donors (Lipinski definition) is 2. The standard InChI is InChI=1S/C14H17N3O4S/c1-2-11-3-4-12(14(18)19)9-13(11)22(20,21)16-6-8-17-7-5-15-10-17/h3-5,7,9-10,16H,2,6,8H2,1H3,(H,18,19). The zero-order valence-corrected chi connectivity index (χ0v) is 12.9. The predicted octanol–water partition coefficient (Wildman–Crippen LogP) is 1.12. The molecule has 8 heteroatoms. The number of carboxylic acids is 1. The van der Waals surface area contributed by atoms with Gasteiger partial charge in [0.2, 0.25) is 10.0 Å². The number of benzene rings is 1. The first kappa shape index (κ1) is 16.2. The van der Waals surface area contributed by atoms with Crippen LogP contribution in [-0.2, 0) is 23.0 Å². The second-order valence-electron chi connectivity index (χ2n) is 4.68. The van der Waals surface area contributed by atoms with Crippen molar-refractivity contribution in [3.8, 4) is 0 Å². The van der Waals surface area contributed by atoms with Gasteiger partial charge >= 0.3 is 5.97 Å². The molecule has 7 nitrogen and oxygen atoms in total. The van der Waals surface area contributed by atoms with Crippen molar-refractivity contribution in [2.45, 2.75) is 24.8 Å². The van der Waals surface area contributed by atoms with E-state index in [1.54, 1.807) is 23.3 Å². The average molecular weight is 323 g/mol. The van der Waals surface area contributed by atoms with E-state index in [0.29, 0.717) is 18.5 Å². The maximum Gasteiger partial charge on any atom is 0.335 e. The Balaban J connectivity index is 2.20. The Morgan fingerprint density at radius 3 is 2.77 bits per heavy atom. The maximum atomic E-state index is 12.4. The molecule has 0 aliphatic rings. The second kappa shape index (κ2) is 6.71. The number of rotatable bonds is 7. The van der Waals surface area contributed by atoms with Crippen LogP contribution in [-0.4, -0.2) is 35.6 Å². The van der Waals surface area contributed by atoms with E-state index in [-0.39, 0.29) is 17.0 Å². The number of imidazole rings is 1. The molecule has 0 aliphatic heterocycles. The first-order valence-electron chi connectivity index (χ1n) is 6.75. The average Bonchev–Trinajstić information content (AvgIpc) is 2.99. The lowest BCUT2D eigenvalue weighted by Crippen LogP contribution is -2.28. The maximum absolute atomic E-state index is 12.4. The third-order valence-electron chi connectivity index (χ3n) is 3.21. The van der Waals surface area contributed by atoms with Gasteiger partial charge < -0.3 is 9.67 Å². The van der Waals surface area contributed by atoms with Gasteiger partial charge in [0.15, 0.2) is 0 Å². The number of carbonyl (C=O) groups is 1. The first-order chi connectivity index (χ1) is 10.4. The van der Waals surface area contributed by atoms with E-state index >= 15 is 0 Å². The molecule has 0 spiro atoms. The summed E-state index contributed by atoms with van der Waals surface area (Å²) in [5.41, 5.74) is 0.535. The Labute approximate surface area is 128 Å². The Morgan fingerprint density at radius 2 is 2.18 bits per heavy atom. The third-order valence-corrected chi connectivity index (χ3v) is 4.75. The Kier molecular flexibility index (Phi) is 4.94. The Bertz CT molecular complexity index is 754. The summed E-state index contributed by atoms with van der Waals surface area (Å²) < 4.78 is 29.0. The lowest BCUT2D eigenvalue weighted by Gasteiger charge is -2.11. The van der Waals surface area contributed by atoms with Crippen molar-refractivity contribution in [2.24, 2.45) is 0 Å². The Hall–Kier alpha value is -2.19. The molecule has 0 amide bonds. The fourth-order valence-electron chi connectivity index (χ4n) is 2.04. The predicted molar refractivity (Wildman–Crippen MR) is 80.2 cm³/mol. The first-order valence-corrected chi connectivity index (χ1v) is 8.24. The molecule has 0 atom stereocenters. The highest BCUT2D eigenvalue weighted by Gasteiger charge is 2.19. The molecule has 1 heterocycles. The van der Waals surface area contributed by atoms with Gasteiger partial charge in [-0.05, 0) is 24.1 Å². The highest BCUT2D eigenvalue weighted by atomic mass is 32.2. The van der Waals surface area contributed by atoms with Crippen LogP contribution in [0.3, 0.4) is 0 Å². The van der Waals surface area contributed by atoms with Crippen molar-refractivity contribution in [2.75, 3.05) is 6.54 Å². The van der Waals surface area contributed by atoms with Gasteiger partial charge in [-0.25, -0.2) is 22.9 Å². The fourth-order valence-corrected chi connectivity index (χ4v) is 3.39. The highest BCUT2D eigenvalue weighted by Crippen LogP contribution is 2.18. The van der Waals surface area contributed by atoms with Crippen LogP contribution in [0.15, 0.2) is 41.8 Å². The van der Waals surface area contributed by atoms with Gasteiger partial charge in [-0.1, -0.05) is 13.0 Å². The van der Waals surface area contributed by atoms with Gasteiger partial charge in [0.1, 0.15) is 0 Å². The number of hydrogen-bond acceptors (Lipinski definition) is 4. The van der Waals surface area contributed by atoms with Crippen LogP contribution >= 0.6 is 0 Å². The molecule has 0 radical (unpaired) electrons. The minimum absolute atomic E-state index is 0.0144. The van der Waals surface area contributed by atoms with Gasteiger partial charge in [-0.2, -0.15) is 0 Å². The number of nitrogens with zero attached hydrogens (tertiary/aromatic N) is 2. The van der Waals surface area contributed by atoms with E-state index in [1.807, 2.05) is 6.92 Å². The summed E-state index contributed by atoms with van der Waals surface area (Å²) in [5, 5.41) is 9.01. The van der Waals surface area contributed by atoms with Gasteiger partial charge in [-0.15, -0.1) is 0 Å². The van der Waals surface area contributed by atoms with Crippen molar-refractivity contribution < 1.29 is 18.3 Å². The quantitative estimate of drug-likeness (QED) is 0.795. The summed E-state index contributed by atoms with van der Waals surface area (Å²) in [5.74, 6) is -1.16. The molecule has 118 valence electrons. The van der Waals surface area contributed by atoms with Gasteiger partial charge in [0, 0.05) is 25.5 Å². The molecule has 0 saturated carbocycles. The van der Waals surface area contributed by atoms with E-state index < -0.39 is 16.0 Å². The Morgan fingerprint density at radius 1 is 1.41 bits per heavy atom. The van der Waals surface area contributed by atoms with Crippen molar-refractivity contribution in [3.63, 3.8) is 0 Å². The van der Waals surface area contributed by atoms with Crippen molar-refractivity contribution in [1.29, 1.82) is 0 Å². The largest absolute Gasteiger partial charge is 0.478 e. The number of carboxylic acid groups (broad SMARTS) is 1. The molecule has 0 saturated heterocycles. The van der Waals surface area contributed by atoms with Crippen LogP contribution in [0.25, 0.3) is 0 Å². The second-order valence-corrected chi connectivity index (χ2v) is 6.41. The highest BCUT2D eigenvalue weighted by molar-refractivity contribution is 7.89. The zero-order valence-electron chi connectivity index (χ0n) is 12.1. The lowest BCUT2D eigenvalue weighted by atomic mass is 10.1. The van der Waals surface area contributed by atoms with Gasteiger partial charge in [0.05, 0.1) is 16.8 Å². The van der Waals surface area contributed by atoms with Gasteiger partial charge in [-0.3, -0.25) is 0 Å². The van der Waals surface area contributed by atoms with E-state index in [1.165, 1.54) is 18.2 Å².